The molecule has 6 nitrogen and oxygen atoms in total. The molecule has 0 unspecified atom stereocenters. The molecule has 0 aromatic heterocycles. The standard InChI is InChI=1S/C57H98O6/c1-4-7-10-13-16-19-22-24-26-27-28-29-31-32-35-38-41-44-47-50-56(59)62-53-54(52-61-55(58)49-46-43-40-37-34-21-18-15-12-9-6-3)63-57(60)51-48-45-42-39-36-33-30-25-23-20-17-14-11-8-5-2/h7,10,15-16,18-19,24,26,28-29,32,35,54H,4-6,8-9,11-14,17,20-23,25,27,30-31,33-34,36-53H2,1-3H3/b10-7-,18-15-,19-16-,26-24-,29-28-,35-32-/t54-/m0/s1. The van der Waals surface area contributed by atoms with E-state index < -0.39 is 6.10 Å². The van der Waals surface area contributed by atoms with E-state index in [2.05, 4.69) is 93.7 Å². The molecule has 0 amide bonds. The van der Waals surface area contributed by atoms with Crippen LogP contribution in [0.5, 0.6) is 0 Å². The van der Waals surface area contributed by atoms with Gasteiger partial charge in [-0.2, -0.15) is 0 Å². The zero-order valence-electron chi connectivity index (χ0n) is 41.3. The van der Waals surface area contributed by atoms with Gasteiger partial charge in [0, 0.05) is 19.3 Å². The molecule has 0 aromatic rings. The van der Waals surface area contributed by atoms with Crippen molar-refractivity contribution in [3.63, 3.8) is 0 Å². The number of allylic oxidation sites excluding steroid dienone is 12. The van der Waals surface area contributed by atoms with Gasteiger partial charge in [-0.3, -0.25) is 14.4 Å². The average Bonchev–Trinajstić information content (AvgIpc) is 3.28. The van der Waals surface area contributed by atoms with Crippen LogP contribution in [-0.4, -0.2) is 37.2 Å². The Morgan fingerprint density at radius 2 is 0.635 bits per heavy atom. The molecule has 0 aromatic carbocycles. The fourth-order valence-corrected chi connectivity index (χ4v) is 7.21. The van der Waals surface area contributed by atoms with E-state index in [0.29, 0.717) is 19.3 Å². The molecule has 63 heavy (non-hydrogen) atoms. The maximum Gasteiger partial charge on any atom is 0.306 e. The number of ether oxygens (including phenoxy) is 3. The molecule has 0 spiro atoms. The summed E-state index contributed by atoms with van der Waals surface area (Å²) in [7, 11) is 0. The van der Waals surface area contributed by atoms with Gasteiger partial charge in [0.15, 0.2) is 6.10 Å². The second-order valence-electron chi connectivity index (χ2n) is 17.4. The zero-order valence-corrected chi connectivity index (χ0v) is 41.3. The molecule has 1 atom stereocenters. The van der Waals surface area contributed by atoms with Crippen LogP contribution in [0.4, 0.5) is 0 Å². The summed E-state index contributed by atoms with van der Waals surface area (Å²) in [4.78, 5) is 38.0. The van der Waals surface area contributed by atoms with Gasteiger partial charge in [-0.1, -0.05) is 222 Å². The van der Waals surface area contributed by atoms with Crippen molar-refractivity contribution in [1.29, 1.82) is 0 Å². The number of esters is 3. The maximum atomic E-state index is 12.8. The average molecular weight is 879 g/mol. The molecule has 0 bridgehead atoms. The molecule has 0 rings (SSSR count). The first-order valence-corrected chi connectivity index (χ1v) is 26.4. The quantitative estimate of drug-likeness (QED) is 0.0262. The highest BCUT2D eigenvalue weighted by Gasteiger charge is 2.19. The smallest absolute Gasteiger partial charge is 0.306 e. The molecule has 0 aliphatic rings. The highest BCUT2D eigenvalue weighted by atomic mass is 16.6. The second kappa shape index (κ2) is 51.5. The van der Waals surface area contributed by atoms with Crippen LogP contribution in [0.25, 0.3) is 0 Å². The molecule has 0 aliphatic carbocycles. The predicted octanol–water partition coefficient (Wildman–Crippen LogP) is 17.4. The van der Waals surface area contributed by atoms with E-state index in [1.807, 2.05) is 0 Å². The molecule has 0 saturated heterocycles. The molecule has 0 saturated carbocycles. The number of carbonyl (C=O) groups is 3. The van der Waals surface area contributed by atoms with E-state index >= 15 is 0 Å². The summed E-state index contributed by atoms with van der Waals surface area (Å²) in [6.45, 7) is 6.46. The lowest BCUT2D eigenvalue weighted by molar-refractivity contribution is -0.167. The summed E-state index contributed by atoms with van der Waals surface area (Å²) < 4.78 is 16.8. The molecular weight excluding hydrogens is 781 g/mol. The first kappa shape index (κ1) is 59.9. The highest BCUT2D eigenvalue weighted by molar-refractivity contribution is 5.71. The van der Waals surface area contributed by atoms with Gasteiger partial charge in [-0.05, 0) is 83.5 Å². The third-order valence-electron chi connectivity index (χ3n) is 11.2. The minimum atomic E-state index is -0.789. The predicted molar refractivity (Wildman–Crippen MR) is 270 cm³/mol. The molecule has 0 radical (unpaired) electrons. The van der Waals surface area contributed by atoms with Gasteiger partial charge < -0.3 is 14.2 Å². The molecule has 362 valence electrons. The Balaban J connectivity index is 4.41. The van der Waals surface area contributed by atoms with Gasteiger partial charge in [0.2, 0.25) is 0 Å². The largest absolute Gasteiger partial charge is 0.462 e. The Bertz CT molecular complexity index is 1190. The number of unbranched alkanes of at least 4 members (excludes halogenated alkanes) is 24. The van der Waals surface area contributed by atoms with Crippen molar-refractivity contribution in [2.45, 2.75) is 258 Å². The molecule has 0 N–H and O–H groups in total. The van der Waals surface area contributed by atoms with Crippen LogP contribution in [0.2, 0.25) is 0 Å². The Labute approximate surface area is 389 Å². The van der Waals surface area contributed by atoms with Gasteiger partial charge in [-0.25, -0.2) is 0 Å². The number of hydrogen-bond donors (Lipinski definition) is 0. The molecule has 0 heterocycles. The fraction of sp³-hybridized carbons (Fsp3) is 0.737. The minimum absolute atomic E-state index is 0.0890. The summed E-state index contributed by atoms with van der Waals surface area (Å²) in [6, 6.07) is 0. The Hall–Kier alpha value is -3.15. The second-order valence-corrected chi connectivity index (χ2v) is 17.4. The monoisotopic (exact) mass is 879 g/mol. The van der Waals surface area contributed by atoms with Gasteiger partial charge >= 0.3 is 17.9 Å². The third-order valence-corrected chi connectivity index (χ3v) is 11.2. The van der Waals surface area contributed by atoms with Crippen molar-refractivity contribution in [1.82, 2.24) is 0 Å². The first-order valence-electron chi connectivity index (χ1n) is 26.4. The Morgan fingerprint density at radius 1 is 0.333 bits per heavy atom. The van der Waals surface area contributed by atoms with Crippen LogP contribution in [0.3, 0.4) is 0 Å². The summed E-state index contributed by atoms with van der Waals surface area (Å²) in [5.74, 6) is -0.927. The van der Waals surface area contributed by atoms with Crippen molar-refractivity contribution < 1.29 is 28.6 Å². The van der Waals surface area contributed by atoms with Crippen LogP contribution in [0, 0.1) is 0 Å². The highest BCUT2D eigenvalue weighted by Crippen LogP contribution is 2.15. The van der Waals surface area contributed by atoms with Gasteiger partial charge in [0.05, 0.1) is 0 Å². The molecular formula is C57H98O6. The SMILES string of the molecule is CC/C=C\C/C=C\C/C=C\C/C=C\C/C=C\CCCCCC(=O)OC[C@H](COC(=O)CCCCCCC/C=C\CCCC)OC(=O)CCCCCCCCCCCCCCCCC. The van der Waals surface area contributed by atoms with Crippen LogP contribution < -0.4 is 0 Å². The van der Waals surface area contributed by atoms with Crippen LogP contribution in [0.1, 0.15) is 252 Å². The number of carbonyl (C=O) groups excluding carboxylic acids is 3. The van der Waals surface area contributed by atoms with E-state index in [-0.39, 0.29) is 31.1 Å². The van der Waals surface area contributed by atoms with Crippen molar-refractivity contribution in [2.75, 3.05) is 13.2 Å². The molecule has 6 heteroatoms. The van der Waals surface area contributed by atoms with E-state index in [1.165, 1.54) is 109 Å². The van der Waals surface area contributed by atoms with Gasteiger partial charge in [0.1, 0.15) is 13.2 Å². The lowest BCUT2D eigenvalue weighted by atomic mass is 10.0. The molecule has 0 aliphatic heterocycles. The maximum absolute atomic E-state index is 12.8. The lowest BCUT2D eigenvalue weighted by Gasteiger charge is -2.18. The van der Waals surface area contributed by atoms with Crippen LogP contribution in [-0.2, 0) is 28.6 Å². The van der Waals surface area contributed by atoms with E-state index in [4.69, 9.17) is 14.2 Å². The summed E-state index contributed by atoms with van der Waals surface area (Å²) in [5, 5.41) is 0. The third kappa shape index (κ3) is 49.7. The van der Waals surface area contributed by atoms with Crippen molar-refractivity contribution in [3.05, 3.63) is 72.9 Å². The first-order chi connectivity index (χ1) is 31.0. The van der Waals surface area contributed by atoms with Gasteiger partial charge in [0.25, 0.3) is 0 Å². The molecule has 0 fully saturated rings. The van der Waals surface area contributed by atoms with Crippen LogP contribution >= 0.6 is 0 Å². The van der Waals surface area contributed by atoms with E-state index in [1.54, 1.807) is 0 Å². The number of rotatable bonds is 47. The number of hydrogen-bond acceptors (Lipinski definition) is 6. The van der Waals surface area contributed by atoms with Crippen LogP contribution in [0.15, 0.2) is 72.9 Å². The van der Waals surface area contributed by atoms with Crippen molar-refractivity contribution >= 4 is 17.9 Å². The topological polar surface area (TPSA) is 78.9 Å². The zero-order chi connectivity index (χ0) is 45.8. The Kier molecular flexibility index (Phi) is 48.9. The van der Waals surface area contributed by atoms with E-state index in [0.717, 1.165) is 103 Å². The summed E-state index contributed by atoms with van der Waals surface area (Å²) in [6.07, 6.45) is 64.6. The normalized spacial score (nSPS) is 12.6. The summed E-state index contributed by atoms with van der Waals surface area (Å²) in [5.41, 5.74) is 0. The summed E-state index contributed by atoms with van der Waals surface area (Å²) >= 11 is 0. The van der Waals surface area contributed by atoms with E-state index in [9.17, 15) is 14.4 Å². The van der Waals surface area contributed by atoms with Crippen molar-refractivity contribution in [3.8, 4) is 0 Å². The van der Waals surface area contributed by atoms with Gasteiger partial charge in [-0.15, -0.1) is 0 Å². The Morgan fingerprint density at radius 3 is 1.05 bits per heavy atom. The minimum Gasteiger partial charge on any atom is -0.462 e. The lowest BCUT2D eigenvalue weighted by Crippen LogP contribution is -2.30. The van der Waals surface area contributed by atoms with Crippen molar-refractivity contribution in [2.24, 2.45) is 0 Å². The fourth-order valence-electron chi connectivity index (χ4n) is 7.21.